The van der Waals surface area contributed by atoms with E-state index in [1.807, 2.05) is 38.1 Å². The lowest BCUT2D eigenvalue weighted by molar-refractivity contribution is -0.113. The molecule has 1 N–H and O–H groups in total. The van der Waals surface area contributed by atoms with Gasteiger partial charge in [0.05, 0.1) is 5.69 Å². The van der Waals surface area contributed by atoms with Crippen molar-refractivity contribution in [1.82, 2.24) is 5.32 Å². The molecule has 0 spiro atoms. The fourth-order valence-electron chi connectivity index (χ4n) is 2.57. The monoisotopic (exact) mass is 342 g/mol. The molecular formula is C18H15ClN2OS. The third kappa shape index (κ3) is 3.28. The first-order chi connectivity index (χ1) is 10.9. The van der Waals surface area contributed by atoms with Crippen LogP contribution in [-0.4, -0.2) is 11.0 Å². The number of hydrogen-bond donors (Lipinski definition) is 1. The third-order valence-corrected chi connectivity index (χ3v) is 4.06. The lowest BCUT2D eigenvalue weighted by Crippen LogP contribution is -2.30. The lowest BCUT2D eigenvalue weighted by Gasteiger charge is -2.15. The molecule has 2 aromatic carbocycles. The minimum absolute atomic E-state index is 0.157. The quantitative estimate of drug-likeness (QED) is 0.655. The van der Waals surface area contributed by atoms with Gasteiger partial charge in [-0.25, -0.2) is 0 Å². The Kier molecular flexibility index (Phi) is 4.20. The van der Waals surface area contributed by atoms with E-state index in [4.69, 9.17) is 23.8 Å². The number of thiocarbonyl (C=S) groups is 1. The van der Waals surface area contributed by atoms with E-state index in [9.17, 15) is 4.79 Å². The Morgan fingerprint density at radius 2 is 1.70 bits per heavy atom. The van der Waals surface area contributed by atoms with E-state index in [1.54, 1.807) is 18.2 Å². The molecule has 3 nitrogen and oxygen atoms in total. The Labute approximate surface area is 145 Å². The average molecular weight is 343 g/mol. The molecule has 116 valence electrons. The van der Waals surface area contributed by atoms with E-state index in [0.717, 1.165) is 22.4 Å². The third-order valence-electron chi connectivity index (χ3n) is 3.52. The second kappa shape index (κ2) is 6.14. The van der Waals surface area contributed by atoms with Crippen LogP contribution in [0.5, 0.6) is 0 Å². The number of aryl methyl sites for hydroxylation is 2. The van der Waals surface area contributed by atoms with Gasteiger partial charge in [-0.15, -0.1) is 0 Å². The van der Waals surface area contributed by atoms with E-state index in [2.05, 4.69) is 11.4 Å². The maximum Gasteiger partial charge on any atom is 0.281 e. The molecule has 0 bridgehead atoms. The maximum absolute atomic E-state index is 12.7. The molecule has 1 amide bonds. The summed E-state index contributed by atoms with van der Waals surface area (Å²) in [6, 6.07) is 13.2. The fraction of sp³-hybridized carbons (Fsp3) is 0.111. The van der Waals surface area contributed by atoms with Crippen LogP contribution >= 0.6 is 23.8 Å². The summed E-state index contributed by atoms with van der Waals surface area (Å²) in [7, 11) is 0. The zero-order chi connectivity index (χ0) is 16.6. The molecule has 1 saturated heterocycles. The second-order valence-electron chi connectivity index (χ2n) is 5.53. The number of carbonyl (C=O) groups is 1. The average Bonchev–Trinajstić information content (AvgIpc) is 2.75. The largest absolute Gasteiger partial charge is 0.327 e. The van der Waals surface area contributed by atoms with Crippen molar-refractivity contribution in [1.29, 1.82) is 0 Å². The summed E-state index contributed by atoms with van der Waals surface area (Å²) in [6.07, 6.45) is 1.77. The van der Waals surface area contributed by atoms with E-state index in [1.165, 1.54) is 4.90 Å². The molecule has 5 heteroatoms. The summed E-state index contributed by atoms with van der Waals surface area (Å²) >= 11 is 11.2. The molecule has 23 heavy (non-hydrogen) atoms. The summed E-state index contributed by atoms with van der Waals surface area (Å²) < 4.78 is 0. The Morgan fingerprint density at radius 3 is 2.30 bits per heavy atom. The molecule has 3 rings (SSSR count). The normalized spacial score (nSPS) is 16.1. The van der Waals surface area contributed by atoms with Gasteiger partial charge in [-0.05, 0) is 73.1 Å². The summed E-state index contributed by atoms with van der Waals surface area (Å²) in [5.74, 6) is -0.157. The Bertz CT molecular complexity index is 807. The number of nitrogens with zero attached hydrogens (tertiary/aromatic N) is 1. The summed E-state index contributed by atoms with van der Waals surface area (Å²) in [5, 5.41) is 4.04. The maximum atomic E-state index is 12.7. The predicted molar refractivity (Wildman–Crippen MR) is 98.6 cm³/mol. The lowest BCUT2D eigenvalue weighted by atomic mass is 10.1. The molecule has 0 aromatic heterocycles. The van der Waals surface area contributed by atoms with E-state index in [0.29, 0.717) is 15.8 Å². The van der Waals surface area contributed by atoms with Crippen molar-refractivity contribution >= 4 is 46.6 Å². The highest BCUT2D eigenvalue weighted by atomic mass is 35.5. The molecule has 0 unspecified atom stereocenters. The van der Waals surface area contributed by atoms with Crippen LogP contribution in [0.1, 0.15) is 16.7 Å². The number of hydrogen-bond acceptors (Lipinski definition) is 2. The fourth-order valence-corrected chi connectivity index (χ4v) is 3.00. The van der Waals surface area contributed by atoms with Crippen molar-refractivity contribution in [3.05, 3.63) is 69.9 Å². The van der Waals surface area contributed by atoms with Crippen LogP contribution in [0.2, 0.25) is 5.02 Å². The standard InChI is InChI=1S/C18H15ClN2OS/c1-11-7-12(2)9-15(8-11)21-17(22)16(20-18(21)23)10-13-3-5-14(19)6-4-13/h3-10H,1-2H3,(H,20,23)/b16-10+. The molecule has 1 heterocycles. The first-order valence-corrected chi connectivity index (χ1v) is 7.94. The smallest absolute Gasteiger partial charge is 0.281 e. The number of nitrogens with one attached hydrogen (secondary N) is 1. The number of amides is 1. The van der Waals surface area contributed by atoms with Crippen LogP contribution in [0.4, 0.5) is 5.69 Å². The van der Waals surface area contributed by atoms with Crippen LogP contribution in [0.3, 0.4) is 0 Å². The van der Waals surface area contributed by atoms with Gasteiger partial charge in [0.15, 0.2) is 5.11 Å². The summed E-state index contributed by atoms with van der Waals surface area (Å²) in [5.41, 5.74) is 4.30. The van der Waals surface area contributed by atoms with Crippen LogP contribution in [0.15, 0.2) is 48.2 Å². The van der Waals surface area contributed by atoms with Gasteiger partial charge >= 0.3 is 0 Å². The Balaban J connectivity index is 1.95. The number of benzene rings is 2. The van der Waals surface area contributed by atoms with Crippen molar-refractivity contribution in [3.8, 4) is 0 Å². The number of anilines is 1. The van der Waals surface area contributed by atoms with Gasteiger partial charge < -0.3 is 5.32 Å². The Hall–Kier alpha value is -2.17. The molecule has 1 aliphatic heterocycles. The first-order valence-electron chi connectivity index (χ1n) is 7.15. The molecule has 0 radical (unpaired) electrons. The van der Waals surface area contributed by atoms with Crippen LogP contribution in [0.25, 0.3) is 6.08 Å². The van der Waals surface area contributed by atoms with Crippen LogP contribution in [-0.2, 0) is 4.79 Å². The van der Waals surface area contributed by atoms with Crippen LogP contribution in [0, 0.1) is 13.8 Å². The van der Waals surface area contributed by atoms with Crippen LogP contribution < -0.4 is 10.2 Å². The molecule has 0 saturated carbocycles. The van der Waals surface area contributed by atoms with E-state index >= 15 is 0 Å². The van der Waals surface area contributed by atoms with Gasteiger partial charge in [-0.1, -0.05) is 29.8 Å². The number of halogens is 1. The molecule has 0 aliphatic carbocycles. The topological polar surface area (TPSA) is 32.3 Å². The molecular weight excluding hydrogens is 328 g/mol. The van der Waals surface area contributed by atoms with E-state index < -0.39 is 0 Å². The second-order valence-corrected chi connectivity index (χ2v) is 6.35. The van der Waals surface area contributed by atoms with Gasteiger partial charge in [0.25, 0.3) is 5.91 Å². The van der Waals surface area contributed by atoms with Crippen molar-refractivity contribution in [2.45, 2.75) is 13.8 Å². The van der Waals surface area contributed by atoms with Crippen molar-refractivity contribution in [2.24, 2.45) is 0 Å². The molecule has 1 aliphatic rings. The number of carbonyl (C=O) groups excluding carboxylic acids is 1. The highest BCUT2D eigenvalue weighted by Crippen LogP contribution is 2.25. The zero-order valence-electron chi connectivity index (χ0n) is 12.8. The van der Waals surface area contributed by atoms with E-state index in [-0.39, 0.29) is 5.91 Å². The summed E-state index contributed by atoms with van der Waals surface area (Å²) in [4.78, 5) is 14.2. The molecule has 1 fully saturated rings. The minimum atomic E-state index is -0.157. The van der Waals surface area contributed by atoms with Crippen molar-refractivity contribution in [3.63, 3.8) is 0 Å². The van der Waals surface area contributed by atoms with Crippen molar-refractivity contribution < 1.29 is 4.79 Å². The Morgan fingerprint density at radius 1 is 1.09 bits per heavy atom. The van der Waals surface area contributed by atoms with Gasteiger partial charge in [0.2, 0.25) is 0 Å². The van der Waals surface area contributed by atoms with Gasteiger partial charge in [-0.2, -0.15) is 0 Å². The first kappa shape index (κ1) is 15.7. The highest BCUT2D eigenvalue weighted by molar-refractivity contribution is 7.80. The minimum Gasteiger partial charge on any atom is -0.327 e. The van der Waals surface area contributed by atoms with Gasteiger partial charge in [0.1, 0.15) is 5.70 Å². The molecule has 0 atom stereocenters. The van der Waals surface area contributed by atoms with Gasteiger partial charge in [0, 0.05) is 5.02 Å². The summed E-state index contributed by atoms with van der Waals surface area (Å²) in [6.45, 7) is 4.00. The SMILES string of the molecule is Cc1cc(C)cc(N2C(=O)/C(=C\c3ccc(Cl)cc3)NC2=S)c1. The van der Waals surface area contributed by atoms with Gasteiger partial charge in [-0.3, -0.25) is 9.69 Å². The number of rotatable bonds is 2. The molecule has 2 aromatic rings. The highest BCUT2D eigenvalue weighted by Gasteiger charge is 2.32. The predicted octanol–water partition coefficient (Wildman–Crippen LogP) is 4.22. The zero-order valence-corrected chi connectivity index (χ0v) is 14.3. The van der Waals surface area contributed by atoms with Crippen molar-refractivity contribution in [2.75, 3.05) is 4.90 Å².